The lowest BCUT2D eigenvalue weighted by atomic mass is 10.1. The highest BCUT2D eigenvalue weighted by Crippen LogP contribution is 2.25. The topological polar surface area (TPSA) is 51.0 Å². The molecule has 0 radical (unpaired) electrons. The van der Waals surface area contributed by atoms with Crippen molar-refractivity contribution < 1.29 is 9.18 Å². The second-order valence-electron chi connectivity index (χ2n) is 5.86. The van der Waals surface area contributed by atoms with Gasteiger partial charge in [-0.05, 0) is 29.8 Å². The van der Waals surface area contributed by atoms with E-state index in [2.05, 4.69) is 10.1 Å². The third-order valence-electron chi connectivity index (χ3n) is 4.08. The van der Waals surface area contributed by atoms with Crippen LogP contribution in [0.5, 0.6) is 0 Å². The van der Waals surface area contributed by atoms with Gasteiger partial charge in [-0.15, -0.1) is 0 Å². The number of para-hydroxylation sites is 1. The van der Waals surface area contributed by atoms with Crippen molar-refractivity contribution in [2.24, 2.45) is 0 Å². The zero-order valence-corrected chi connectivity index (χ0v) is 14.8. The average molecular weight is 366 g/mol. The van der Waals surface area contributed by atoms with Crippen molar-refractivity contribution in [1.29, 1.82) is 0 Å². The molecule has 0 aliphatic carbocycles. The minimum absolute atomic E-state index is 0.0968. The molecule has 4 aromatic rings. The normalized spacial score (nSPS) is 11.0. The van der Waals surface area contributed by atoms with Gasteiger partial charge in [-0.1, -0.05) is 35.6 Å². The summed E-state index contributed by atoms with van der Waals surface area (Å²) in [7, 11) is 1.70. The molecule has 0 bridgehead atoms. The number of hydrogen-bond donors (Lipinski definition) is 0. The number of anilines is 1. The Bertz CT molecular complexity index is 1040. The van der Waals surface area contributed by atoms with Crippen LogP contribution in [0.15, 0.2) is 60.9 Å². The van der Waals surface area contributed by atoms with Crippen molar-refractivity contribution in [2.75, 3.05) is 11.9 Å². The van der Waals surface area contributed by atoms with E-state index in [0.29, 0.717) is 5.69 Å². The van der Waals surface area contributed by atoms with Crippen LogP contribution in [0.1, 0.15) is 5.56 Å². The van der Waals surface area contributed by atoms with Gasteiger partial charge < -0.3 is 4.90 Å². The Labute approximate surface area is 153 Å². The predicted octanol–water partition coefficient (Wildman–Crippen LogP) is 3.83. The van der Waals surface area contributed by atoms with Gasteiger partial charge in [0.05, 0.1) is 34.7 Å². The standard InChI is InChI=1S/C19H15FN4OS/c1-23(18(25)10-13-6-8-14(20)9-7-13)15-11-21-24(12-15)19-22-16-4-2-3-5-17(16)26-19/h2-9,11-12H,10H2,1H3. The van der Waals surface area contributed by atoms with E-state index in [0.717, 1.165) is 20.9 Å². The molecule has 5 nitrogen and oxygen atoms in total. The molecular weight excluding hydrogens is 351 g/mol. The van der Waals surface area contributed by atoms with E-state index in [1.807, 2.05) is 24.3 Å². The first-order chi connectivity index (χ1) is 12.6. The van der Waals surface area contributed by atoms with Gasteiger partial charge >= 0.3 is 0 Å². The van der Waals surface area contributed by atoms with Crippen molar-refractivity contribution in [3.63, 3.8) is 0 Å². The highest BCUT2D eigenvalue weighted by Gasteiger charge is 2.15. The maximum atomic E-state index is 13.0. The third kappa shape index (κ3) is 3.21. The first kappa shape index (κ1) is 16.4. The highest BCUT2D eigenvalue weighted by atomic mass is 32.1. The van der Waals surface area contributed by atoms with E-state index in [4.69, 9.17) is 0 Å². The van der Waals surface area contributed by atoms with Crippen LogP contribution in [0.25, 0.3) is 15.3 Å². The molecule has 2 aromatic heterocycles. The van der Waals surface area contributed by atoms with Crippen LogP contribution in [-0.4, -0.2) is 27.7 Å². The van der Waals surface area contributed by atoms with Gasteiger partial charge in [-0.2, -0.15) is 5.10 Å². The molecule has 0 aliphatic heterocycles. The SMILES string of the molecule is CN(C(=O)Cc1ccc(F)cc1)c1cnn(-c2nc3ccccc3s2)c1. The molecule has 7 heteroatoms. The van der Waals surface area contributed by atoms with Crippen LogP contribution in [0, 0.1) is 5.82 Å². The maximum absolute atomic E-state index is 13.0. The van der Waals surface area contributed by atoms with Crippen LogP contribution < -0.4 is 4.90 Å². The van der Waals surface area contributed by atoms with Crippen LogP contribution in [0.2, 0.25) is 0 Å². The number of fused-ring (bicyclic) bond motifs is 1. The number of carbonyl (C=O) groups is 1. The number of likely N-dealkylation sites (N-methyl/N-ethyl adjacent to an activating group) is 1. The molecule has 0 atom stereocenters. The molecule has 0 saturated carbocycles. The monoisotopic (exact) mass is 366 g/mol. The number of thiazole rings is 1. The van der Waals surface area contributed by atoms with Gasteiger partial charge in [0, 0.05) is 7.05 Å². The minimum Gasteiger partial charge on any atom is -0.312 e. The van der Waals surface area contributed by atoms with Crippen LogP contribution >= 0.6 is 11.3 Å². The van der Waals surface area contributed by atoms with Gasteiger partial charge in [0.2, 0.25) is 11.0 Å². The first-order valence-electron chi connectivity index (χ1n) is 8.02. The Hall–Kier alpha value is -3.06. The molecule has 0 saturated heterocycles. The van der Waals surface area contributed by atoms with Crippen LogP contribution in [0.3, 0.4) is 0 Å². The number of aromatic nitrogens is 3. The molecule has 2 aromatic carbocycles. The van der Waals surface area contributed by atoms with E-state index in [9.17, 15) is 9.18 Å². The Balaban J connectivity index is 1.52. The number of hydrogen-bond acceptors (Lipinski definition) is 4. The fraction of sp³-hybridized carbons (Fsp3) is 0.105. The van der Waals surface area contributed by atoms with Gasteiger partial charge in [-0.3, -0.25) is 4.79 Å². The van der Waals surface area contributed by atoms with Crippen molar-refractivity contribution >= 4 is 33.1 Å². The molecule has 0 spiro atoms. The van der Waals surface area contributed by atoms with Gasteiger partial charge in [0.15, 0.2) is 0 Å². The summed E-state index contributed by atoms with van der Waals surface area (Å²) in [5, 5.41) is 5.07. The number of carbonyl (C=O) groups excluding carboxylic acids is 1. The fourth-order valence-corrected chi connectivity index (χ4v) is 3.49. The molecule has 26 heavy (non-hydrogen) atoms. The summed E-state index contributed by atoms with van der Waals surface area (Å²) in [6.07, 6.45) is 3.61. The van der Waals surface area contributed by atoms with Crippen molar-refractivity contribution in [2.45, 2.75) is 6.42 Å². The smallest absolute Gasteiger partial charge is 0.231 e. The summed E-state index contributed by atoms with van der Waals surface area (Å²) in [5.41, 5.74) is 2.36. The lowest BCUT2D eigenvalue weighted by molar-refractivity contribution is -0.117. The van der Waals surface area contributed by atoms with E-state index in [1.165, 1.54) is 23.5 Å². The van der Waals surface area contributed by atoms with Crippen LogP contribution in [0.4, 0.5) is 10.1 Å². The predicted molar refractivity (Wildman–Crippen MR) is 100 cm³/mol. The molecule has 2 heterocycles. The fourth-order valence-electron chi connectivity index (χ4n) is 2.59. The largest absolute Gasteiger partial charge is 0.312 e. The van der Waals surface area contributed by atoms with Crippen molar-refractivity contribution in [1.82, 2.24) is 14.8 Å². The van der Waals surface area contributed by atoms with Gasteiger partial charge in [0.25, 0.3) is 0 Å². The Morgan fingerprint density at radius 1 is 1.19 bits per heavy atom. The average Bonchev–Trinajstić information content (AvgIpc) is 3.29. The Morgan fingerprint density at radius 2 is 1.96 bits per heavy atom. The number of halogens is 1. The quantitative estimate of drug-likeness (QED) is 0.552. The summed E-state index contributed by atoms with van der Waals surface area (Å²) < 4.78 is 15.7. The molecular formula is C19H15FN4OS. The molecule has 0 N–H and O–H groups in total. The summed E-state index contributed by atoms with van der Waals surface area (Å²) in [4.78, 5) is 18.6. The minimum atomic E-state index is -0.313. The van der Waals surface area contributed by atoms with E-state index < -0.39 is 0 Å². The number of nitrogens with zero attached hydrogens (tertiary/aromatic N) is 4. The molecule has 1 amide bonds. The lowest BCUT2D eigenvalue weighted by Crippen LogP contribution is -2.27. The summed E-state index contributed by atoms with van der Waals surface area (Å²) in [6.45, 7) is 0. The van der Waals surface area contributed by atoms with Gasteiger partial charge in [-0.25, -0.2) is 14.1 Å². The van der Waals surface area contributed by atoms with Crippen molar-refractivity contribution in [3.8, 4) is 5.13 Å². The van der Waals surface area contributed by atoms with Gasteiger partial charge in [0.1, 0.15) is 5.82 Å². The third-order valence-corrected chi connectivity index (χ3v) is 5.10. The Kier molecular flexibility index (Phi) is 4.22. The lowest BCUT2D eigenvalue weighted by Gasteiger charge is -2.14. The number of rotatable bonds is 4. The summed E-state index contributed by atoms with van der Waals surface area (Å²) in [6, 6.07) is 13.8. The maximum Gasteiger partial charge on any atom is 0.231 e. The second-order valence-corrected chi connectivity index (χ2v) is 6.87. The highest BCUT2D eigenvalue weighted by molar-refractivity contribution is 7.20. The van der Waals surface area contributed by atoms with E-state index in [-0.39, 0.29) is 18.1 Å². The number of amides is 1. The van der Waals surface area contributed by atoms with Crippen molar-refractivity contribution in [3.05, 3.63) is 72.3 Å². The van der Waals surface area contributed by atoms with E-state index >= 15 is 0 Å². The molecule has 0 fully saturated rings. The molecule has 4 rings (SSSR count). The molecule has 0 aliphatic rings. The number of benzene rings is 2. The molecule has 0 unspecified atom stereocenters. The molecule has 130 valence electrons. The Morgan fingerprint density at radius 3 is 2.73 bits per heavy atom. The zero-order chi connectivity index (χ0) is 18.1. The van der Waals surface area contributed by atoms with E-state index in [1.54, 1.807) is 41.2 Å². The van der Waals surface area contributed by atoms with Crippen LogP contribution in [-0.2, 0) is 11.2 Å². The summed E-state index contributed by atoms with van der Waals surface area (Å²) >= 11 is 1.54. The first-order valence-corrected chi connectivity index (χ1v) is 8.83. The summed E-state index contributed by atoms with van der Waals surface area (Å²) in [5.74, 6) is -0.410. The second kappa shape index (κ2) is 6.68. The zero-order valence-electron chi connectivity index (χ0n) is 14.0.